The monoisotopic (exact) mass is 1360 g/mol. The number of aromatic carboxylic acids is 1. The molecule has 2 unspecified atom stereocenters. The topological polar surface area (TPSA) is 341 Å². The number of carboxylic acid groups (broad SMARTS) is 1. The van der Waals surface area contributed by atoms with Crippen LogP contribution < -0.4 is 42.0 Å². The van der Waals surface area contributed by atoms with Crippen LogP contribution in [0, 0.1) is 29.1 Å². The lowest BCUT2D eigenvalue weighted by molar-refractivity contribution is -0.248. The maximum atomic E-state index is 13.8. The molecule has 4 atom stereocenters. The van der Waals surface area contributed by atoms with E-state index >= 15 is 0 Å². The molecule has 6 aliphatic rings. The van der Waals surface area contributed by atoms with Crippen LogP contribution in [0.25, 0.3) is 32.6 Å². The number of anilines is 3. The van der Waals surface area contributed by atoms with E-state index in [0.717, 1.165) is 59.3 Å². The largest absolute Gasteiger partial charge is 0.490 e. The fourth-order valence-electron chi connectivity index (χ4n) is 15.9. The Bertz CT molecular complexity index is 4020. The summed E-state index contributed by atoms with van der Waals surface area (Å²) in [4.78, 5) is 129. The molecule has 26 nitrogen and oxygen atoms in total. The molecule has 4 fully saturated rings. The maximum absolute atomic E-state index is 13.8. The quantitative estimate of drug-likeness (QED) is 0.0177. The molecule has 98 heavy (non-hydrogen) atoms. The first-order chi connectivity index (χ1) is 46.8. The van der Waals surface area contributed by atoms with Gasteiger partial charge in [-0.15, -0.1) is 0 Å². The van der Waals surface area contributed by atoms with Crippen LogP contribution in [-0.4, -0.2) is 152 Å². The van der Waals surface area contributed by atoms with Crippen molar-refractivity contribution in [3.63, 3.8) is 0 Å². The van der Waals surface area contributed by atoms with Crippen molar-refractivity contribution in [2.24, 2.45) is 27.9 Å². The summed E-state index contributed by atoms with van der Waals surface area (Å²) in [6.45, 7) is 12.3. The summed E-state index contributed by atoms with van der Waals surface area (Å²) in [5, 5.41) is 29.9. The first kappa shape index (κ1) is 69.6. The van der Waals surface area contributed by atoms with Crippen molar-refractivity contribution >= 4 is 91.7 Å². The highest BCUT2D eigenvalue weighted by atomic mass is 32.1. The predicted molar refractivity (Wildman–Crippen MR) is 367 cm³/mol. The minimum absolute atomic E-state index is 0.00201. The van der Waals surface area contributed by atoms with Crippen LogP contribution in [0.1, 0.15) is 126 Å². The Balaban J connectivity index is 0.669. The highest BCUT2D eigenvalue weighted by Crippen LogP contribution is 2.72. The standard InChI is InChI=1S/C71H85N13O13S/c1-43(2)59(79-56(85)16-8-7-11-28-83-57(86)25-26-58(83)87)62(89)77-52(14-12-27-73-64(72)92)61(88)75-47-20-17-45(18-21-47)35-96-67(94)81(6)29-32-97-71-39-68(4)36-69(5,40-71)38-70(37-68,41-71)42-84-44(3)49(34-74-84)48-22-23-50(76-60(48)63(90)91)46-19-24-54-53(33-46)82(30-31-95-54)66(93)80-65-78-51-13-9-10-15-55(51)98-65/h9-10,13,15,17-26,33-34,43,52,59H,7-8,11-12,14,16,27-32,35-42H2,1-6H3,(H,75,88)(H,77,89)(H,79,85)(H,90,91)(H3,72,73,92)(H,78,80,93)/t52-,59-,68?,69?,70?,71?/m0/s1. The van der Waals surface area contributed by atoms with Crippen LogP contribution >= 0.6 is 11.3 Å². The summed E-state index contributed by atoms with van der Waals surface area (Å²) in [6.07, 6.45) is 11.3. The summed E-state index contributed by atoms with van der Waals surface area (Å²) >= 11 is 1.38. The summed E-state index contributed by atoms with van der Waals surface area (Å²) in [5.41, 5.74) is 9.82. The third-order valence-electron chi connectivity index (χ3n) is 19.3. The number of carboxylic acids is 1. The van der Waals surface area contributed by atoms with Gasteiger partial charge in [-0.1, -0.05) is 69.7 Å². The molecule has 4 bridgehead atoms. The molecule has 4 aliphatic carbocycles. The van der Waals surface area contributed by atoms with Crippen LogP contribution in [0.2, 0.25) is 0 Å². The summed E-state index contributed by atoms with van der Waals surface area (Å²) in [5.74, 6) is -3.22. The van der Waals surface area contributed by atoms with Crippen LogP contribution in [0.3, 0.4) is 0 Å². The van der Waals surface area contributed by atoms with Crippen LogP contribution in [0.4, 0.5) is 30.9 Å². The molecule has 0 saturated heterocycles. The van der Waals surface area contributed by atoms with Crippen molar-refractivity contribution in [3.05, 3.63) is 114 Å². The summed E-state index contributed by atoms with van der Waals surface area (Å²) < 4.78 is 21.6. The zero-order valence-electron chi connectivity index (χ0n) is 56.1. The first-order valence-corrected chi connectivity index (χ1v) is 34.2. The van der Waals surface area contributed by atoms with Gasteiger partial charge in [0.25, 0.3) is 11.8 Å². The minimum atomic E-state index is -1.19. The number of nitrogens with one attached hydrogen (secondary N) is 5. The highest BCUT2D eigenvalue weighted by Gasteiger charge is 2.66. The number of rotatable bonds is 28. The van der Waals surface area contributed by atoms with Gasteiger partial charge in [0.2, 0.25) is 17.7 Å². The molecule has 12 rings (SSSR count). The summed E-state index contributed by atoms with van der Waals surface area (Å²) in [6, 6.07) is 20.2. The van der Waals surface area contributed by atoms with Crippen molar-refractivity contribution in [3.8, 4) is 28.1 Å². The number of primary amides is 1. The Hall–Kier alpha value is -9.76. The molecule has 4 saturated carbocycles. The second-order valence-electron chi connectivity index (χ2n) is 27.9. The third-order valence-corrected chi connectivity index (χ3v) is 20.2. The molecular weight excluding hydrogens is 1270 g/mol. The van der Waals surface area contributed by atoms with Crippen molar-refractivity contribution in [1.82, 2.24) is 45.5 Å². The van der Waals surface area contributed by atoms with Crippen LogP contribution in [-0.2, 0) is 46.6 Å². The third kappa shape index (κ3) is 16.1. The van der Waals surface area contributed by atoms with E-state index in [9.17, 15) is 48.3 Å². The number of pyridine rings is 1. The van der Waals surface area contributed by atoms with Crippen molar-refractivity contribution in [2.45, 2.75) is 143 Å². The minimum Gasteiger partial charge on any atom is -0.490 e. The number of amides is 10. The number of ether oxygens (including phenoxy) is 3. The number of thiazole rings is 1. The molecule has 3 aromatic heterocycles. The maximum Gasteiger partial charge on any atom is 0.409 e. The van der Waals surface area contributed by atoms with E-state index in [4.69, 9.17) is 30.0 Å². The molecule has 518 valence electrons. The lowest BCUT2D eigenvalue weighted by atomic mass is 9.39. The Morgan fingerprint density at radius 1 is 0.827 bits per heavy atom. The lowest BCUT2D eigenvalue weighted by Crippen LogP contribution is -2.64. The second-order valence-corrected chi connectivity index (χ2v) is 29.0. The number of unbranched alkanes of at least 4 members (excludes halogenated alkanes) is 2. The number of carbonyl (C=O) groups excluding carboxylic acids is 8. The van der Waals surface area contributed by atoms with Gasteiger partial charge in [-0.3, -0.25) is 43.8 Å². The van der Waals surface area contributed by atoms with E-state index in [-0.39, 0.29) is 110 Å². The first-order valence-electron chi connectivity index (χ1n) is 33.3. The number of benzene rings is 3. The molecule has 27 heteroatoms. The van der Waals surface area contributed by atoms with Crippen LogP contribution in [0.5, 0.6) is 5.75 Å². The zero-order valence-corrected chi connectivity index (χ0v) is 56.9. The van der Waals surface area contributed by atoms with Crippen molar-refractivity contribution in [1.29, 1.82) is 0 Å². The van der Waals surface area contributed by atoms with E-state index in [1.165, 1.54) is 28.4 Å². The number of urea groups is 2. The highest BCUT2D eigenvalue weighted by molar-refractivity contribution is 7.22. The number of hydrogen-bond donors (Lipinski definition) is 7. The van der Waals surface area contributed by atoms with Gasteiger partial charge in [0, 0.05) is 79.9 Å². The Kier molecular flexibility index (Phi) is 20.7. The molecule has 6 aromatic rings. The Morgan fingerprint density at radius 3 is 2.29 bits per heavy atom. The number of likely N-dealkylation sites (N-methyl/N-ethyl adjacent to an activating group) is 1. The van der Waals surface area contributed by atoms with Gasteiger partial charge in [-0.05, 0) is 153 Å². The molecule has 0 spiro atoms. The number of nitrogens with two attached hydrogens (primary N) is 1. The lowest BCUT2D eigenvalue weighted by Gasteiger charge is -2.69. The van der Waals surface area contributed by atoms with Gasteiger partial charge < -0.3 is 51.2 Å². The summed E-state index contributed by atoms with van der Waals surface area (Å²) in [7, 11) is 1.67. The van der Waals surface area contributed by atoms with Crippen molar-refractivity contribution in [2.75, 3.05) is 62.0 Å². The molecule has 10 amide bonds. The number of carbonyl (C=O) groups is 9. The molecule has 8 N–H and O–H groups in total. The molecular formula is C71H85N13O13S. The zero-order chi connectivity index (χ0) is 69.7. The average molecular weight is 1360 g/mol. The van der Waals surface area contributed by atoms with E-state index in [0.29, 0.717) is 82.6 Å². The number of para-hydroxylation sites is 1. The molecule has 5 heterocycles. The van der Waals surface area contributed by atoms with Gasteiger partial charge in [0.15, 0.2) is 10.8 Å². The molecule has 3 aromatic carbocycles. The number of aromatic nitrogens is 4. The van der Waals surface area contributed by atoms with Gasteiger partial charge in [-0.2, -0.15) is 5.10 Å². The molecule has 0 radical (unpaired) electrons. The van der Waals surface area contributed by atoms with Gasteiger partial charge in [-0.25, -0.2) is 29.1 Å². The fourth-order valence-corrected chi connectivity index (χ4v) is 16.7. The number of nitrogens with zero attached hydrogens (tertiary/aromatic N) is 7. The number of fused-ring (bicyclic) bond motifs is 2. The number of hydrogen-bond acceptors (Lipinski definition) is 16. The fraction of sp³-hybridized carbons (Fsp3) is 0.465. The predicted octanol–water partition coefficient (Wildman–Crippen LogP) is 9.56. The average Bonchev–Trinajstić information content (AvgIpc) is 0.723. The smallest absolute Gasteiger partial charge is 0.409 e. The SMILES string of the molecule is Cc1c(-c2ccc(-c3ccc4c(c3)N(C(=O)Nc3nc5ccccc5s3)CCO4)nc2C(=O)O)cnn1CC12CC3(C)CC(C)(C1)CC(OCCN(C)C(=O)OCc1ccc(NC(=O)[C@H](CCCNC(N)=O)NC(=O)[C@@H](NC(=O)CCCCCN4C(=O)C=CC4=O)C(C)C)cc1)(C3)C2. The Morgan fingerprint density at radius 2 is 1.57 bits per heavy atom. The van der Waals surface area contributed by atoms with Gasteiger partial charge in [0.05, 0.1) is 46.5 Å². The second kappa shape index (κ2) is 29.1. The number of imide groups is 1. The van der Waals surface area contributed by atoms with Crippen molar-refractivity contribution < 1.29 is 62.5 Å². The van der Waals surface area contributed by atoms with Gasteiger partial charge in [0.1, 0.15) is 31.0 Å². The molecule has 2 aliphatic heterocycles. The Labute approximate surface area is 571 Å². The normalized spacial score (nSPS) is 21.1. The van der Waals surface area contributed by atoms with E-state index in [2.05, 4.69) is 45.4 Å². The van der Waals surface area contributed by atoms with E-state index in [1.807, 2.05) is 35.9 Å². The van der Waals surface area contributed by atoms with E-state index < -0.39 is 47.6 Å². The van der Waals surface area contributed by atoms with Gasteiger partial charge >= 0.3 is 24.1 Å². The van der Waals surface area contributed by atoms with E-state index in [1.54, 1.807) is 86.6 Å². The van der Waals surface area contributed by atoms with Crippen LogP contribution in [0.15, 0.2) is 97.2 Å².